The van der Waals surface area contributed by atoms with Crippen molar-refractivity contribution < 1.29 is 0 Å². The van der Waals surface area contributed by atoms with Crippen molar-refractivity contribution in [3.8, 4) is 0 Å². The second kappa shape index (κ2) is 13.4. The van der Waals surface area contributed by atoms with E-state index in [4.69, 9.17) is 5.73 Å². The number of rotatable bonds is 10. The van der Waals surface area contributed by atoms with Gasteiger partial charge in [0, 0.05) is 58.5 Å². The molecule has 0 unspecified atom stereocenters. The zero-order valence-electron chi connectivity index (χ0n) is 25.0. The number of aromatic amines is 2. The Morgan fingerprint density at radius 2 is 1.32 bits per heavy atom. The normalized spacial score (nSPS) is 13.6. The number of aryl methyl sites for hydroxylation is 2. The Balaban J connectivity index is 0.000000162. The van der Waals surface area contributed by atoms with Gasteiger partial charge < -0.3 is 40.8 Å². The molecule has 1 saturated carbocycles. The van der Waals surface area contributed by atoms with Crippen LogP contribution in [0.2, 0.25) is 0 Å². The molecule has 0 atom stereocenters. The number of nitrogens with one attached hydrogen (secondary N) is 5. The van der Waals surface area contributed by atoms with Crippen molar-refractivity contribution >= 4 is 45.9 Å². The van der Waals surface area contributed by atoms with E-state index >= 15 is 0 Å². The number of nitrogens with zero attached hydrogens (tertiary/aromatic N) is 10. The largest absolute Gasteiger partial charge is 0.382 e. The summed E-state index contributed by atoms with van der Waals surface area (Å²) in [5.41, 5.74) is 10.7. The second-order valence-electron chi connectivity index (χ2n) is 10.9. The molecule has 44 heavy (non-hydrogen) atoms. The number of H-pyrrole nitrogens is 2. The third-order valence-corrected chi connectivity index (χ3v) is 7.39. The Labute approximate surface area is 253 Å². The van der Waals surface area contributed by atoms with Crippen molar-refractivity contribution in [2.45, 2.75) is 51.0 Å². The van der Waals surface area contributed by atoms with Crippen molar-refractivity contribution in [3.05, 3.63) is 49.1 Å². The van der Waals surface area contributed by atoms with Crippen LogP contribution in [-0.2, 0) is 26.9 Å². The van der Waals surface area contributed by atoms with Crippen LogP contribution in [0.3, 0.4) is 0 Å². The lowest BCUT2D eigenvalue weighted by atomic mass is 9.95. The second-order valence-corrected chi connectivity index (χ2v) is 10.9. The molecule has 7 N–H and O–H groups in total. The number of fused-ring (bicyclic) bond motifs is 2. The maximum atomic E-state index is 5.81. The van der Waals surface area contributed by atoms with Crippen LogP contribution in [0, 0.1) is 0 Å². The van der Waals surface area contributed by atoms with Crippen LogP contribution >= 0.6 is 0 Å². The maximum Gasteiger partial charge on any atom is 0.226 e. The minimum Gasteiger partial charge on any atom is -0.382 e. The predicted octanol–water partition coefficient (Wildman–Crippen LogP) is 2.81. The van der Waals surface area contributed by atoms with E-state index < -0.39 is 0 Å². The highest BCUT2D eigenvalue weighted by Gasteiger charge is 2.17. The summed E-state index contributed by atoms with van der Waals surface area (Å²) >= 11 is 0. The Bertz CT molecular complexity index is 1790. The monoisotopic (exact) mass is 598 g/mol. The number of aromatic nitrogens is 12. The summed E-state index contributed by atoms with van der Waals surface area (Å²) in [6.07, 6.45) is 18.7. The van der Waals surface area contributed by atoms with Crippen LogP contribution in [0.15, 0.2) is 37.7 Å². The van der Waals surface area contributed by atoms with Crippen molar-refractivity contribution in [1.29, 1.82) is 0 Å². The SMILES string of the molecule is Cn1cnc(CCNc2nc(N)c3[nH]cnc3n2)c1.Cn1cnc(CCNc2nc(NC3CCCCC3)c3[nH]cnc3n2)c1. The number of hydrogen-bond donors (Lipinski definition) is 6. The third-order valence-electron chi connectivity index (χ3n) is 7.39. The quantitative estimate of drug-likeness (QED) is 0.135. The van der Waals surface area contributed by atoms with Crippen molar-refractivity contribution in [2.24, 2.45) is 14.1 Å². The first-order valence-corrected chi connectivity index (χ1v) is 14.9. The van der Waals surface area contributed by atoms with Gasteiger partial charge in [-0.3, -0.25) is 0 Å². The molecule has 6 aromatic rings. The first kappa shape index (κ1) is 28.8. The van der Waals surface area contributed by atoms with Gasteiger partial charge >= 0.3 is 0 Å². The predicted molar refractivity (Wildman–Crippen MR) is 169 cm³/mol. The fourth-order valence-corrected chi connectivity index (χ4v) is 5.19. The molecule has 1 fully saturated rings. The van der Waals surface area contributed by atoms with Gasteiger partial charge in [-0.1, -0.05) is 19.3 Å². The van der Waals surface area contributed by atoms with E-state index in [-0.39, 0.29) is 0 Å². The van der Waals surface area contributed by atoms with Gasteiger partial charge in [-0.2, -0.15) is 19.9 Å². The van der Waals surface area contributed by atoms with Crippen molar-refractivity contribution in [2.75, 3.05) is 34.8 Å². The number of imidazole rings is 4. The van der Waals surface area contributed by atoms with Gasteiger partial charge in [-0.05, 0) is 12.8 Å². The lowest BCUT2D eigenvalue weighted by Gasteiger charge is -2.23. The van der Waals surface area contributed by atoms with Crippen LogP contribution in [0.4, 0.5) is 23.5 Å². The van der Waals surface area contributed by atoms with Gasteiger partial charge in [0.15, 0.2) is 22.9 Å². The van der Waals surface area contributed by atoms with Gasteiger partial charge in [0.2, 0.25) is 11.9 Å². The van der Waals surface area contributed by atoms with Crippen LogP contribution < -0.4 is 21.7 Å². The highest BCUT2D eigenvalue weighted by Crippen LogP contribution is 2.25. The summed E-state index contributed by atoms with van der Waals surface area (Å²) < 4.78 is 3.87. The maximum absolute atomic E-state index is 5.81. The highest BCUT2D eigenvalue weighted by molar-refractivity contribution is 5.84. The Kier molecular flexibility index (Phi) is 8.75. The molecule has 0 aliphatic heterocycles. The van der Waals surface area contributed by atoms with E-state index in [1.54, 1.807) is 19.0 Å². The minimum absolute atomic E-state index is 0.392. The van der Waals surface area contributed by atoms with Gasteiger partial charge in [0.25, 0.3) is 0 Å². The minimum atomic E-state index is 0.392. The summed E-state index contributed by atoms with van der Waals surface area (Å²) in [5, 5.41) is 10.0. The molecule has 0 radical (unpaired) electrons. The molecule has 6 heterocycles. The molecule has 0 aromatic carbocycles. The zero-order chi connectivity index (χ0) is 30.3. The van der Waals surface area contributed by atoms with E-state index in [2.05, 4.69) is 65.8 Å². The van der Waals surface area contributed by atoms with Gasteiger partial charge in [0.05, 0.1) is 36.7 Å². The number of nitrogen functional groups attached to an aromatic ring is 1. The first-order valence-electron chi connectivity index (χ1n) is 14.9. The number of hydrogen-bond acceptors (Lipinski definition) is 12. The van der Waals surface area contributed by atoms with Crippen molar-refractivity contribution in [1.82, 2.24) is 59.0 Å². The summed E-state index contributed by atoms with van der Waals surface area (Å²) in [6.45, 7) is 1.42. The van der Waals surface area contributed by atoms with E-state index in [9.17, 15) is 0 Å². The summed E-state index contributed by atoms with van der Waals surface area (Å²) in [5.74, 6) is 2.32. The number of nitrogens with two attached hydrogens (primary N) is 1. The lowest BCUT2D eigenvalue weighted by Crippen LogP contribution is -2.23. The average Bonchev–Trinajstić information content (AvgIpc) is 3.83. The highest BCUT2D eigenvalue weighted by atomic mass is 15.2. The van der Waals surface area contributed by atoms with Crippen LogP contribution in [0.5, 0.6) is 0 Å². The average molecular weight is 599 g/mol. The molecule has 6 aromatic heterocycles. The zero-order valence-corrected chi connectivity index (χ0v) is 25.0. The molecule has 230 valence electrons. The van der Waals surface area contributed by atoms with Gasteiger partial charge in [-0.15, -0.1) is 0 Å². The Hall–Kier alpha value is -5.28. The molecular weight excluding hydrogens is 560 g/mol. The molecule has 1 aliphatic carbocycles. The molecule has 16 nitrogen and oxygen atoms in total. The molecule has 0 amide bonds. The van der Waals surface area contributed by atoms with E-state index in [1.807, 2.05) is 42.0 Å². The van der Waals surface area contributed by atoms with E-state index in [1.165, 1.54) is 32.1 Å². The van der Waals surface area contributed by atoms with Crippen LogP contribution in [0.25, 0.3) is 22.3 Å². The molecule has 1 aliphatic rings. The third kappa shape index (κ3) is 7.19. The Morgan fingerprint density at radius 3 is 1.91 bits per heavy atom. The Morgan fingerprint density at radius 1 is 0.750 bits per heavy atom. The first-order chi connectivity index (χ1) is 21.5. The summed E-state index contributed by atoms with van der Waals surface area (Å²) in [4.78, 5) is 40.6. The van der Waals surface area contributed by atoms with E-state index in [0.29, 0.717) is 47.1 Å². The van der Waals surface area contributed by atoms with Gasteiger partial charge in [-0.25, -0.2) is 19.9 Å². The molecular formula is C28H38N16. The molecule has 0 spiro atoms. The van der Waals surface area contributed by atoms with Crippen molar-refractivity contribution in [3.63, 3.8) is 0 Å². The number of anilines is 4. The van der Waals surface area contributed by atoms with Crippen LogP contribution in [0.1, 0.15) is 43.5 Å². The van der Waals surface area contributed by atoms with Crippen LogP contribution in [-0.4, -0.2) is 78.1 Å². The molecule has 7 rings (SSSR count). The summed E-state index contributed by atoms with van der Waals surface area (Å²) in [7, 11) is 3.92. The fourth-order valence-electron chi connectivity index (χ4n) is 5.19. The molecule has 0 saturated heterocycles. The lowest BCUT2D eigenvalue weighted by molar-refractivity contribution is 0.462. The topological polar surface area (TPSA) is 207 Å². The molecule has 16 heteroatoms. The van der Waals surface area contributed by atoms with Gasteiger partial charge in [0.1, 0.15) is 11.0 Å². The smallest absolute Gasteiger partial charge is 0.226 e. The van der Waals surface area contributed by atoms with E-state index in [0.717, 1.165) is 42.1 Å². The molecule has 0 bridgehead atoms. The summed E-state index contributed by atoms with van der Waals surface area (Å²) in [6, 6.07) is 0.483. The standard InChI is InChI=1S/C17H24N8.C11H14N8/c1-25-9-13(21-11-25)7-8-18-17-23-15-14(19-10-20-15)16(24-17)22-12-5-3-2-4-6-12;1-19-4-7(16-6-19)2-3-13-11-17-9(12)8-10(18-11)15-5-14-8/h9-12H,2-8H2,1H3,(H3,18,19,20,22,23,24);4-6H,2-3H2,1H3,(H4,12,13,14,15,17,18). The fraction of sp³-hybridized carbons (Fsp3) is 0.429.